The van der Waals surface area contributed by atoms with Crippen molar-refractivity contribution in [3.8, 4) is 0 Å². The van der Waals surface area contributed by atoms with Crippen molar-refractivity contribution in [3.05, 3.63) is 0 Å². The summed E-state index contributed by atoms with van der Waals surface area (Å²) in [5, 5.41) is 10.1. The van der Waals surface area contributed by atoms with Crippen LogP contribution in [0.15, 0.2) is 0 Å². The number of ether oxygens (including phenoxy) is 1. The number of aliphatic hydroxyl groups is 1. The van der Waals surface area contributed by atoms with Gasteiger partial charge in [-0.3, -0.25) is 0 Å². The summed E-state index contributed by atoms with van der Waals surface area (Å²) in [6.45, 7) is 0. The molecule has 4 nitrogen and oxygen atoms in total. The highest BCUT2D eigenvalue weighted by Gasteiger charge is 2.41. The van der Waals surface area contributed by atoms with E-state index in [2.05, 4.69) is 0 Å². The lowest BCUT2D eigenvalue weighted by atomic mass is 9.82. The average Bonchev–Trinajstić information content (AvgIpc) is 3.13. The minimum atomic E-state index is -2.98. The highest BCUT2D eigenvalue weighted by molar-refractivity contribution is 7.91. The third-order valence-corrected chi connectivity index (χ3v) is 6.09. The molecule has 2 fully saturated rings. The topological polar surface area (TPSA) is 63.6 Å². The van der Waals surface area contributed by atoms with E-state index in [-0.39, 0.29) is 17.3 Å². The zero-order valence-corrected chi connectivity index (χ0v) is 12.0. The van der Waals surface area contributed by atoms with E-state index >= 15 is 0 Å². The minimum absolute atomic E-state index is 0.0732. The maximum atomic E-state index is 11.6. The van der Waals surface area contributed by atoms with Gasteiger partial charge in [-0.1, -0.05) is 6.42 Å². The number of aliphatic hydroxyl groups excluding tert-OH is 1. The minimum Gasteiger partial charge on any atom is -0.390 e. The molecule has 5 heteroatoms. The molecule has 4 unspecified atom stereocenters. The van der Waals surface area contributed by atoms with Crippen LogP contribution in [0.3, 0.4) is 0 Å². The van der Waals surface area contributed by atoms with E-state index in [1.54, 1.807) is 7.11 Å². The number of rotatable bonds is 5. The van der Waals surface area contributed by atoms with Crippen LogP contribution >= 0.6 is 0 Å². The zero-order chi connectivity index (χ0) is 13.3. The van der Waals surface area contributed by atoms with Gasteiger partial charge in [0.15, 0.2) is 0 Å². The van der Waals surface area contributed by atoms with Gasteiger partial charge in [0.05, 0.1) is 17.5 Å². The highest BCUT2D eigenvalue weighted by atomic mass is 32.2. The molecule has 0 amide bonds. The summed E-state index contributed by atoms with van der Waals surface area (Å²) in [4.78, 5) is 0. The van der Waals surface area contributed by atoms with Gasteiger partial charge in [0.25, 0.3) is 0 Å². The molecule has 0 aromatic carbocycles. The van der Waals surface area contributed by atoms with E-state index in [9.17, 15) is 13.5 Å². The fourth-order valence-electron chi connectivity index (χ4n) is 3.18. The van der Waals surface area contributed by atoms with E-state index in [0.29, 0.717) is 12.3 Å². The molecule has 2 rings (SSSR count). The maximum Gasteiger partial charge on any atom is 0.150 e. The lowest BCUT2D eigenvalue weighted by molar-refractivity contribution is -0.0593. The molecule has 18 heavy (non-hydrogen) atoms. The second kappa shape index (κ2) is 5.47. The third kappa shape index (κ3) is 3.25. The summed E-state index contributed by atoms with van der Waals surface area (Å²) in [6, 6.07) is 0. The molecule has 0 radical (unpaired) electrons. The number of hydrogen-bond donors (Lipinski definition) is 1. The molecule has 0 aliphatic heterocycles. The summed E-state index contributed by atoms with van der Waals surface area (Å²) in [6.07, 6.45) is 6.08. The second-order valence-electron chi connectivity index (χ2n) is 5.91. The molecule has 2 saturated carbocycles. The quantitative estimate of drug-likeness (QED) is 0.824. The number of sulfone groups is 1. The van der Waals surface area contributed by atoms with Crippen molar-refractivity contribution in [2.24, 2.45) is 11.8 Å². The second-order valence-corrected chi connectivity index (χ2v) is 8.23. The molecule has 0 bridgehead atoms. The van der Waals surface area contributed by atoms with Gasteiger partial charge in [0, 0.05) is 13.4 Å². The predicted molar refractivity (Wildman–Crippen MR) is 70.1 cm³/mol. The summed E-state index contributed by atoms with van der Waals surface area (Å²) in [7, 11) is -1.34. The fraction of sp³-hybridized carbons (Fsp3) is 1.00. The van der Waals surface area contributed by atoms with Crippen LogP contribution < -0.4 is 0 Å². The molecule has 0 saturated heterocycles. The first-order valence-electron chi connectivity index (χ1n) is 6.83. The molecule has 0 heterocycles. The monoisotopic (exact) mass is 276 g/mol. The first-order chi connectivity index (χ1) is 8.43. The maximum absolute atomic E-state index is 11.6. The Balaban J connectivity index is 1.99. The Kier molecular flexibility index (Phi) is 4.34. The van der Waals surface area contributed by atoms with Crippen molar-refractivity contribution in [2.75, 3.05) is 13.4 Å². The average molecular weight is 276 g/mol. The van der Waals surface area contributed by atoms with E-state index in [1.165, 1.54) is 6.26 Å². The molecule has 106 valence electrons. The van der Waals surface area contributed by atoms with E-state index in [1.807, 2.05) is 0 Å². The summed E-state index contributed by atoms with van der Waals surface area (Å²) >= 11 is 0. The molecule has 4 atom stereocenters. The Bertz CT molecular complexity index is 374. The van der Waals surface area contributed by atoms with Crippen LogP contribution in [0.5, 0.6) is 0 Å². The Morgan fingerprint density at radius 3 is 2.33 bits per heavy atom. The highest BCUT2D eigenvalue weighted by Crippen LogP contribution is 2.40. The zero-order valence-electron chi connectivity index (χ0n) is 11.2. The van der Waals surface area contributed by atoms with Crippen LogP contribution in [0.25, 0.3) is 0 Å². The van der Waals surface area contributed by atoms with Gasteiger partial charge in [-0.2, -0.15) is 0 Å². The van der Waals surface area contributed by atoms with E-state index in [4.69, 9.17) is 4.74 Å². The normalized spacial score (nSPS) is 33.1. The van der Waals surface area contributed by atoms with Gasteiger partial charge in [0.2, 0.25) is 0 Å². The van der Waals surface area contributed by atoms with Crippen molar-refractivity contribution in [1.29, 1.82) is 0 Å². The molecule has 0 aromatic rings. The Labute approximate surface area is 110 Å². The molecule has 2 aliphatic rings. The smallest absolute Gasteiger partial charge is 0.150 e. The van der Waals surface area contributed by atoms with Crippen LogP contribution in [-0.2, 0) is 14.6 Å². The van der Waals surface area contributed by atoms with Crippen LogP contribution in [0, 0.1) is 11.8 Å². The summed E-state index contributed by atoms with van der Waals surface area (Å²) in [5.41, 5.74) is 0. The lowest BCUT2D eigenvalue weighted by Crippen LogP contribution is -2.41. The van der Waals surface area contributed by atoms with Gasteiger partial charge < -0.3 is 9.84 Å². The molecule has 0 aromatic heterocycles. The van der Waals surface area contributed by atoms with Gasteiger partial charge in [-0.05, 0) is 43.9 Å². The van der Waals surface area contributed by atoms with Crippen LogP contribution in [-0.4, -0.2) is 44.3 Å². The van der Waals surface area contributed by atoms with Gasteiger partial charge >= 0.3 is 0 Å². The van der Waals surface area contributed by atoms with Crippen molar-refractivity contribution in [1.82, 2.24) is 0 Å². The molecule has 1 N–H and O–H groups in total. The van der Waals surface area contributed by atoms with Crippen LogP contribution in [0.1, 0.15) is 38.5 Å². The SMILES string of the molecule is COC(C1CC1)C(O)C1CCCC(S(C)(=O)=O)C1. The van der Waals surface area contributed by atoms with Crippen molar-refractivity contribution in [2.45, 2.75) is 56.0 Å². The molecule has 2 aliphatic carbocycles. The number of hydrogen-bond acceptors (Lipinski definition) is 4. The summed E-state index contributed by atoms with van der Waals surface area (Å²) in [5.74, 6) is 0.549. The van der Waals surface area contributed by atoms with Crippen LogP contribution in [0.2, 0.25) is 0 Å². The molecular formula is C13H24O4S. The van der Waals surface area contributed by atoms with Crippen molar-refractivity contribution >= 4 is 9.84 Å². The number of methoxy groups -OCH3 is 1. The van der Waals surface area contributed by atoms with E-state index in [0.717, 1.165) is 32.1 Å². The fourth-order valence-corrected chi connectivity index (χ4v) is 4.38. The summed E-state index contributed by atoms with van der Waals surface area (Å²) < 4.78 is 28.7. The predicted octanol–water partition coefficient (Wildman–Crippen LogP) is 1.38. The van der Waals surface area contributed by atoms with Gasteiger partial charge in [-0.15, -0.1) is 0 Å². The standard InChI is InChI=1S/C13H24O4S/c1-17-13(9-6-7-9)12(14)10-4-3-5-11(8-10)18(2,15)16/h9-14H,3-8H2,1-2H3. The molecule has 0 spiro atoms. The largest absolute Gasteiger partial charge is 0.390 e. The van der Waals surface area contributed by atoms with Gasteiger partial charge in [-0.25, -0.2) is 8.42 Å². The lowest BCUT2D eigenvalue weighted by Gasteiger charge is -2.34. The Hall–Kier alpha value is -0.130. The Morgan fingerprint density at radius 2 is 1.83 bits per heavy atom. The van der Waals surface area contributed by atoms with Crippen molar-refractivity contribution in [3.63, 3.8) is 0 Å². The first-order valence-corrected chi connectivity index (χ1v) is 8.78. The van der Waals surface area contributed by atoms with Crippen molar-refractivity contribution < 1.29 is 18.3 Å². The van der Waals surface area contributed by atoms with E-state index < -0.39 is 15.9 Å². The first kappa shape index (κ1) is 14.3. The third-order valence-electron chi connectivity index (χ3n) is 4.45. The molecular weight excluding hydrogens is 252 g/mol. The van der Waals surface area contributed by atoms with Crippen LogP contribution in [0.4, 0.5) is 0 Å². The Morgan fingerprint density at radius 1 is 1.17 bits per heavy atom. The van der Waals surface area contributed by atoms with Gasteiger partial charge in [0.1, 0.15) is 9.84 Å².